The summed E-state index contributed by atoms with van der Waals surface area (Å²) in [7, 11) is 0. The minimum absolute atomic E-state index is 0.182. The highest BCUT2D eigenvalue weighted by atomic mass is 16.1. The molecule has 1 spiro atoms. The van der Waals surface area contributed by atoms with Gasteiger partial charge in [0.25, 0.3) is 0 Å². The largest absolute Gasteiger partial charge is 0.369 e. The molecule has 0 aliphatic carbocycles. The van der Waals surface area contributed by atoms with Crippen LogP contribution in [0.25, 0.3) is 0 Å². The summed E-state index contributed by atoms with van der Waals surface area (Å²) in [6.07, 6.45) is 2.40. The van der Waals surface area contributed by atoms with Crippen molar-refractivity contribution in [2.24, 2.45) is 5.73 Å². The van der Waals surface area contributed by atoms with Gasteiger partial charge in [-0.25, -0.2) is 0 Å². The summed E-state index contributed by atoms with van der Waals surface area (Å²) in [6.45, 7) is 8.40. The number of amides is 1. The van der Waals surface area contributed by atoms with Crippen molar-refractivity contribution in [3.63, 3.8) is 0 Å². The van der Waals surface area contributed by atoms with Crippen molar-refractivity contribution in [2.45, 2.75) is 31.3 Å². The Kier molecular flexibility index (Phi) is 2.56. The highest BCUT2D eigenvalue weighted by Gasteiger charge is 2.53. The lowest BCUT2D eigenvalue weighted by molar-refractivity contribution is -0.122. The van der Waals surface area contributed by atoms with Crippen molar-refractivity contribution in [1.82, 2.24) is 10.2 Å². The molecule has 2 unspecified atom stereocenters. The van der Waals surface area contributed by atoms with Crippen molar-refractivity contribution >= 4 is 5.91 Å². The molecule has 0 radical (unpaired) electrons. The molecule has 2 rings (SSSR count). The van der Waals surface area contributed by atoms with E-state index in [-0.39, 0.29) is 17.5 Å². The zero-order valence-corrected chi connectivity index (χ0v) is 9.25. The molecule has 2 aliphatic heterocycles. The van der Waals surface area contributed by atoms with Crippen LogP contribution in [-0.4, -0.2) is 42.0 Å². The summed E-state index contributed by atoms with van der Waals surface area (Å²) in [5, 5.41) is 3.55. The lowest BCUT2D eigenvalue weighted by Gasteiger charge is -2.56. The fourth-order valence-electron chi connectivity index (χ4n) is 3.11. The van der Waals surface area contributed by atoms with Crippen LogP contribution >= 0.6 is 0 Å². The number of hydrogen-bond acceptors (Lipinski definition) is 3. The molecule has 0 aromatic heterocycles. The minimum atomic E-state index is -0.255. The van der Waals surface area contributed by atoms with Crippen molar-refractivity contribution in [2.75, 3.05) is 19.6 Å². The number of carbonyl (C=O) groups excluding carboxylic acids is 1. The number of rotatable bonds is 3. The highest BCUT2D eigenvalue weighted by molar-refractivity contribution is 5.76. The normalized spacial score (nSPS) is 35.4. The standard InChI is InChI=1S/C11H19N3O/c1-8(2)10-11(4-3-5-13-11)7-14(10)6-9(12)15/h10,13H,1,3-7H2,2H3,(H2,12,15). The zero-order chi connectivity index (χ0) is 11.1. The van der Waals surface area contributed by atoms with E-state index in [9.17, 15) is 4.79 Å². The maximum absolute atomic E-state index is 10.9. The Labute approximate surface area is 90.5 Å². The fourth-order valence-corrected chi connectivity index (χ4v) is 3.11. The zero-order valence-electron chi connectivity index (χ0n) is 9.25. The first kappa shape index (κ1) is 10.6. The predicted octanol–water partition coefficient (Wildman–Crippen LogP) is -0.146. The van der Waals surface area contributed by atoms with E-state index in [1.54, 1.807) is 0 Å². The van der Waals surface area contributed by atoms with E-state index in [1.165, 1.54) is 12.8 Å². The van der Waals surface area contributed by atoms with E-state index in [2.05, 4.69) is 16.8 Å². The van der Waals surface area contributed by atoms with E-state index in [0.29, 0.717) is 6.54 Å². The van der Waals surface area contributed by atoms with Gasteiger partial charge in [-0.1, -0.05) is 12.2 Å². The van der Waals surface area contributed by atoms with Gasteiger partial charge in [-0.15, -0.1) is 0 Å². The van der Waals surface area contributed by atoms with Gasteiger partial charge in [0.15, 0.2) is 0 Å². The fraction of sp³-hybridized carbons (Fsp3) is 0.727. The summed E-state index contributed by atoms with van der Waals surface area (Å²) in [5.74, 6) is -0.255. The van der Waals surface area contributed by atoms with Gasteiger partial charge >= 0.3 is 0 Å². The van der Waals surface area contributed by atoms with E-state index in [0.717, 1.165) is 18.7 Å². The molecular formula is C11H19N3O. The Morgan fingerprint density at radius 3 is 2.93 bits per heavy atom. The molecule has 2 aliphatic rings. The molecule has 2 fully saturated rings. The monoisotopic (exact) mass is 209 g/mol. The van der Waals surface area contributed by atoms with Gasteiger partial charge in [0.1, 0.15) is 0 Å². The van der Waals surface area contributed by atoms with E-state index < -0.39 is 0 Å². The molecule has 0 bridgehead atoms. The second-order valence-electron chi connectivity index (χ2n) is 4.81. The molecule has 2 saturated heterocycles. The van der Waals surface area contributed by atoms with Gasteiger partial charge in [0.05, 0.1) is 18.1 Å². The Hall–Kier alpha value is -0.870. The van der Waals surface area contributed by atoms with Gasteiger partial charge in [-0.3, -0.25) is 9.69 Å². The number of nitrogens with two attached hydrogens (primary N) is 1. The summed E-state index contributed by atoms with van der Waals surface area (Å²) in [4.78, 5) is 13.0. The number of likely N-dealkylation sites (tertiary alicyclic amines) is 1. The third-order valence-electron chi connectivity index (χ3n) is 3.48. The Morgan fingerprint density at radius 2 is 2.47 bits per heavy atom. The SMILES string of the molecule is C=C(C)C1N(CC(N)=O)CC12CCCN2. The molecule has 3 N–H and O–H groups in total. The molecule has 0 saturated carbocycles. The van der Waals surface area contributed by atoms with Crippen LogP contribution < -0.4 is 11.1 Å². The molecule has 4 heteroatoms. The quantitative estimate of drug-likeness (QED) is 0.636. The van der Waals surface area contributed by atoms with Gasteiger partial charge in [0, 0.05) is 6.54 Å². The van der Waals surface area contributed by atoms with Crippen molar-refractivity contribution in [3.8, 4) is 0 Å². The van der Waals surface area contributed by atoms with Crippen LogP contribution in [0.4, 0.5) is 0 Å². The smallest absolute Gasteiger partial charge is 0.231 e. The van der Waals surface area contributed by atoms with Crippen LogP contribution in [0.15, 0.2) is 12.2 Å². The molecule has 84 valence electrons. The van der Waals surface area contributed by atoms with E-state index in [1.807, 2.05) is 6.92 Å². The molecular weight excluding hydrogens is 190 g/mol. The lowest BCUT2D eigenvalue weighted by Crippen LogP contribution is -2.74. The first-order valence-electron chi connectivity index (χ1n) is 5.48. The first-order chi connectivity index (χ1) is 7.05. The second-order valence-corrected chi connectivity index (χ2v) is 4.81. The number of primary amides is 1. The molecule has 2 heterocycles. The highest BCUT2D eigenvalue weighted by Crippen LogP contribution is 2.39. The summed E-state index contributed by atoms with van der Waals surface area (Å²) < 4.78 is 0. The molecule has 2 atom stereocenters. The van der Waals surface area contributed by atoms with Crippen LogP contribution in [0.3, 0.4) is 0 Å². The molecule has 1 amide bonds. The third-order valence-corrected chi connectivity index (χ3v) is 3.48. The minimum Gasteiger partial charge on any atom is -0.369 e. The van der Waals surface area contributed by atoms with Crippen molar-refractivity contribution in [1.29, 1.82) is 0 Å². The van der Waals surface area contributed by atoms with E-state index >= 15 is 0 Å². The maximum Gasteiger partial charge on any atom is 0.231 e. The molecule has 4 nitrogen and oxygen atoms in total. The van der Waals surface area contributed by atoms with Gasteiger partial charge in [0.2, 0.25) is 5.91 Å². The number of hydrogen-bond donors (Lipinski definition) is 2. The molecule has 0 aromatic rings. The van der Waals surface area contributed by atoms with Crippen LogP contribution in [-0.2, 0) is 4.79 Å². The Morgan fingerprint density at radius 1 is 1.73 bits per heavy atom. The van der Waals surface area contributed by atoms with Crippen molar-refractivity contribution in [3.05, 3.63) is 12.2 Å². The molecule has 0 aromatic carbocycles. The van der Waals surface area contributed by atoms with Crippen LogP contribution in [0.5, 0.6) is 0 Å². The number of carbonyl (C=O) groups is 1. The predicted molar refractivity (Wildman–Crippen MR) is 59.3 cm³/mol. The summed E-state index contributed by atoms with van der Waals surface area (Å²) >= 11 is 0. The first-order valence-corrected chi connectivity index (χ1v) is 5.48. The summed E-state index contributed by atoms with van der Waals surface area (Å²) in [6, 6.07) is 0.285. The average Bonchev–Trinajstić information content (AvgIpc) is 2.50. The van der Waals surface area contributed by atoms with Crippen LogP contribution in [0.2, 0.25) is 0 Å². The number of nitrogens with one attached hydrogen (secondary N) is 1. The van der Waals surface area contributed by atoms with Gasteiger partial charge in [-0.2, -0.15) is 0 Å². The number of nitrogens with zero attached hydrogens (tertiary/aromatic N) is 1. The molecule has 15 heavy (non-hydrogen) atoms. The van der Waals surface area contributed by atoms with Crippen LogP contribution in [0, 0.1) is 0 Å². The van der Waals surface area contributed by atoms with Crippen molar-refractivity contribution < 1.29 is 4.79 Å². The average molecular weight is 209 g/mol. The Balaban J connectivity index is 2.07. The topological polar surface area (TPSA) is 58.4 Å². The Bertz CT molecular complexity index is 294. The summed E-state index contributed by atoms with van der Waals surface area (Å²) in [5.41, 5.74) is 6.53. The third kappa shape index (κ3) is 1.68. The second kappa shape index (κ2) is 3.61. The van der Waals surface area contributed by atoms with Gasteiger partial charge < -0.3 is 11.1 Å². The van der Waals surface area contributed by atoms with Crippen LogP contribution in [0.1, 0.15) is 19.8 Å². The maximum atomic E-state index is 10.9. The van der Waals surface area contributed by atoms with Gasteiger partial charge in [-0.05, 0) is 26.3 Å². The lowest BCUT2D eigenvalue weighted by atomic mass is 9.75. The van der Waals surface area contributed by atoms with E-state index in [4.69, 9.17) is 5.73 Å².